The first-order chi connectivity index (χ1) is 32.8. The van der Waals surface area contributed by atoms with Gasteiger partial charge in [0.05, 0.1) is 130 Å². The Morgan fingerprint density at radius 3 is 1.42 bits per heavy atom. The van der Waals surface area contributed by atoms with Gasteiger partial charge in [0.1, 0.15) is 11.4 Å². The summed E-state index contributed by atoms with van der Waals surface area (Å²) in [5.41, 5.74) is 3.35. The highest BCUT2D eigenvalue weighted by atomic mass is 32.2. The number of nitrogens with zero attached hydrogens (tertiary/aromatic N) is 3. The van der Waals surface area contributed by atoms with Crippen LogP contribution in [0.1, 0.15) is 132 Å². The standard InChI is InChI=1S/C51H85N3O12S/c1-3-4-5-6-7-8-9-10-11-12-13-14-15-16-17-18-26-66-50-22-20-47(21-23-50)43-54-44-49(52-53-54)45-65-41-40-64-39-38-63-37-36-62-35-34-61-33-32-60-31-30-59-29-28-58-27-25-48-42-46(2)19-24-51(48)67(55,56)57/h19-24,42,44H,3-18,25-41,43,45H2,1-2H3,(H,55,56,57). The molecule has 0 unspecified atom stereocenters. The molecule has 16 heteroatoms. The number of hydrogen-bond donors (Lipinski definition) is 1. The summed E-state index contributed by atoms with van der Waals surface area (Å²) >= 11 is 0. The topological polar surface area (TPSA) is 168 Å². The van der Waals surface area contributed by atoms with Crippen LogP contribution in [0, 0.1) is 6.92 Å². The highest BCUT2D eigenvalue weighted by Crippen LogP contribution is 2.19. The smallest absolute Gasteiger partial charge is 0.294 e. The average molecular weight is 964 g/mol. The second-order valence-electron chi connectivity index (χ2n) is 16.9. The Kier molecular flexibility index (Phi) is 34.6. The fraction of sp³-hybridized carbons (Fsp3) is 0.725. The maximum absolute atomic E-state index is 11.6. The predicted molar refractivity (Wildman–Crippen MR) is 261 cm³/mol. The van der Waals surface area contributed by atoms with Crippen molar-refractivity contribution in [3.05, 3.63) is 71.0 Å². The van der Waals surface area contributed by atoms with Crippen molar-refractivity contribution in [3.8, 4) is 5.75 Å². The molecule has 0 aliphatic heterocycles. The molecule has 1 aromatic heterocycles. The molecule has 0 aliphatic rings. The third-order valence-corrected chi connectivity index (χ3v) is 11.9. The van der Waals surface area contributed by atoms with E-state index in [-0.39, 0.29) is 4.90 Å². The van der Waals surface area contributed by atoms with Crippen molar-refractivity contribution < 1.29 is 55.6 Å². The van der Waals surface area contributed by atoms with Crippen molar-refractivity contribution in [1.29, 1.82) is 0 Å². The molecule has 3 aromatic rings. The van der Waals surface area contributed by atoms with E-state index in [4.69, 9.17) is 42.6 Å². The zero-order chi connectivity index (χ0) is 47.7. The largest absolute Gasteiger partial charge is 0.494 e. The van der Waals surface area contributed by atoms with Gasteiger partial charge in [-0.05, 0) is 49.1 Å². The van der Waals surface area contributed by atoms with Gasteiger partial charge in [0.2, 0.25) is 0 Å². The lowest BCUT2D eigenvalue weighted by Gasteiger charge is -2.10. The van der Waals surface area contributed by atoms with Crippen LogP contribution in [-0.4, -0.2) is 134 Å². The highest BCUT2D eigenvalue weighted by Gasteiger charge is 2.15. The Morgan fingerprint density at radius 2 is 0.955 bits per heavy atom. The van der Waals surface area contributed by atoms with Gasteiger partial charge in [-0.2, -0.15) is 8.42 Å². The number of hydrogen-bond acceptors (Lipinski definition) is 13. The Labute approximate surface area is 402 Å². The number of rotatable bonds is 47. The van der Waals surface area contributed by atoms with Gasteiger partial charge < -0.3 is 42.6 Å². The molecule has 382 valence electrons. The van der Waals surface area contributed by atoms with E-state index in [2.05, 4.69) is 29.4 Å². The highest BCUT2D eigenvalue weighted by molar-refractivity contribution is 7.85. The van der Waals surface area contributed by atoms with Crippen LogP contribution in [-0.2, 0) is 67.6 Å². The van der Waals surface area contributed by atoms with Crippen molar-refractivity contribution in [2.75, 3.05) is 106 Å². The van der Waals surface area contributed by atoms with Crippen LogP contribution in [0.15, 0.2) is 53.6 Å². The van der Waals surface area contributed by atoms with Gasteiger partial charge in [-0.15, -0.1) is 5.10 Å². The van der Waals surface area contributed by atoms with Gasteiger partial charge in [-0.3, -0.25) is 4.55 Å². The van der Waals surface area contributed by atoms with Gasteiger partial charge in [-0.1, -0.05) is 138 Å². The Hall–Kier alpha value is -3.03. The molecule has 0 saturated heterocycles. The van der Waals surface area contributed by atoms with Crippen LogP contribution >= 0.6 is 0 Å². The van der Waals surface area contributed by atoms with Gasteiger partial charge in [0.15, 0.2) is 0 Å². The van der Waals surface area contributed by atoms with Crippen molar-refractivity contribution >= 4 is 10.1 Å². The fourth-order valence-electron chi connectivity index (χ4n) is 7.25. The second kappa shape index (κ2) is 39.8. The third kappa shape index (κ3) is 31.7. The Bertz CT molecular complexity index is 1710. The molecule has 0 aliphatic carbocycles. The summed E-state index contributed by atoms with van der Waals surface area (Å²) in [5.74, 6) is 0.913. The van der Waals surface area contributed by atoms with E-state index in [1.807, 2.05) is 29.9 Å². The lowest BCUT2D eigenvalue weighted by atomic mass is 10.0. The SMILES string of the molecule is CCCCCCCCCCCCCCCCCCOc1ccc(Cn2cc(COCCOCCOCCOCCOCCOCCOCCOCCc3cc(C)ccc3S(=O)(=O)O)nn2)cc1. The molecule has 15 nitrogen and oxygen atoms in total. The van der Waals surface area contributed by atoms with Gasteiger partial charge in [0.25, 0.3) is 10.1 Å². The number of aromatic nitrogens is 3. The van der Waals surface area contributed by atoms with Gasteiger partial charge in [-0.25, -0.2) is 4.68 Å². The third-order valence-electron chi connectivity index (χ3n) is 11.0. The molecule has 1 N–H and O–H groups in total. The summed E-state index contributed by atoms with van der Waals surface area (Å²) in [6.45, 7) is 12.5. The number of unbranched alkanes of at least 4 members (excludes halogenated alkanes) is 15. The quantitative estimate of drug-likeness (QED) is 0.0420. The monoisotopic (exact) mass is 964 g/mol. The van der Waals surface area contributed by atoms with Gasteiger partial charge in [0, 0.05) is 0 Å². The molecule has 0 fully saturated rings. The summed E-state index contributed by atoms with van der Waals surface area (Å²) in [5, 5.41) is 8.49. The van der Waals surface area contributed by atoms with Crippen LogP contribution in [0.25, 0.3) is 0 Å². The minimum absolute atomic E-state index is 0.0850. The van der Waals surface area contributed by atoms with Crippen molar-refractivity contribution in [3.63, 3.8) is 0 Å². The van der Waals surface area contributed by atoms with Crippen molar-refractivity contribution in [1.82, 2.24) is 15.0 Å². The molecule has 1 heterocycles. The molecule has 0 spiro atoms. The first kappa shape index (κ1) is 58.3. The molecule has 0 radical (unpaired) electrons. The number of aryl methyl sites for hydroxylation is 1. The van der Waals surface area contributed by atoms with Crippen LogP contribution in [0.2, 0.25) is 0 Å². The lowest BCUT2D eigenvalue weighted by Crippen LogP contribution is -2.15. The molecular formula is C51H85N3O12S. The van der Waals surface area contributed by atoms with Crippen LogP contribution in [0.4, 0.5) is 0 Å². The maximum atomic E-state index is 11.6. The van der Waals surface area contributed by atoms with E-state index in [1.165, 1.54) is 102 Å². The Morgan fingerprint density at radius 1 is 0.522 bits per heavy atom. The molecule has 0 atom stereocenters. The molecule has 0 saturated carbocycles. The normalized spacial score (nSPS) is 11.8. The fourth-order valence-corrected chi connectivity index (χ4v) is 7.99. The van der Waals surface area contributed by atoms with E-state index in [0.29, 0.717) is 124 Å². The molecule has 3 rings (SSSR count). The van der Waals surface area contributed by atoms with E-state index in [1.54, 1.807) is 12.1 Å². The summed E-state index contributed by atoms with van der Waals surface area (Å²) in [6.07, 6.45) is 24.2. The van der Waals surface area contributed by atoms with E-state index in [9.17, 15) is 13.0 Å². The number of ether oxygens (including phenoxy) is 9. The molecular weight excluding hydrogens is 879 g/mol. The van der Waals surface area contributed by atoms with Crippen molar-refractivity contribution in [2.45, 2.75) is 141 Å². The zero-order valence-electron chi connectivity index (χ0n) is 41.1. The van der Waals surface area contributed by atoms with Crippen molar-refractivity contribution in [2.24, 2.45) is 0 Å². The van der Waals surface area contributed by atoms with Crippen LogP contribution in [0.5, 0.6) is 5.75 Å². The average Bonchev–Trinajstić information content (AvgIpc) is 3.76. The second-order valence-corrected chi connectivity index (χ2v) is 18.3. The number of benzene rings is 2. The molecule has 67 heavy (non-hydrogen) atoms. The maximum Gasteiger partial charge on any atom is 0.294 e. The lowest BCUT2D eigenvalue weighted by molar-refractivity contribution is -0.0236. The zero-order valence-corrected chi connectivity index (χ0v) is 41.9. The molecule has 0 amide bonds. The molecule has 0 bridgehead atoms. The summed E-state index contributed by atoms with van der Waals surface area (Å²) in [7, 11) is -4.27. The Balaban J connectivity index is 1.00. The van der Waals surface area contributed by atoms with Gasteiger partial charge >= 0.3 is 0 Å². The van der Waals surface area contributed by atoms with E-state index < -0.39 is 10.1 Å². The predicted octanol–water partition coefficient (Wildman–Crippen LogP) is 9.40. The van der Waals surface area contributed by atoms with Crippen LogP contribution in [0.3, 0.4) is 0 Å². The van der Waals surface area contributed by atoms with E-state index >= 15 is 0 Å². The first-order valence-corrected chi connectivity index (χ1v) is 26.6. The minimum atomic E-state index is -4.27. The summed E-state index contributed by atoms with van der Waals surface area (Å²) < 4.78 is 84.8. The van der Waals surface area contributed by atoms with Crippen LogP contribution < -0.4 is 4.74 Å². The van der Waals surface area contributed by atoms with E-state index in [0.717, 1.165) is 35.6 Å². The summed E-state index contributed by atoms with van der Waals surface area (Å²) in [4.78, 5) is -0.0850. The molecule has 2 aromatic carbocycles. The summed E-state index contributed by atoms with van der Waals surface area (Å²) in [6, 6.07) is 13.0. The first-order valence-electron chi connectivity index (χ1n) is 25.1. The minimum Gasteiger partial charge on any atom is -0.494 e.